The molecular formula is C68H94N16O33. The van der Waals surface area contributed by atoms with Crippen molar-refractivity contribution in [2.45, 2.75) is 214 Å². The number of aliphatic carboxylic acids is 7. The van der Waals surface area contributed by atoms with Gasteiger partial charge < -0.3 is 142 Å². The average Bonchev–Trinajstić information content (AvgIpc) is 0.847. The molecule has 49 heteroatoms. The average molecular weight is 1660 g/mol. The molecule has 0 aliphatic heterocycles. The van der Waals surface area contributed by atoms with E-state index < -0.39 is 317 Å². The highest BCUT2D eigenvalue weighted by atomic mass is 16.4. The first-order valence-corrected chi connectivity index (χ1v) is 35.2. The predicted octanol–water partition coefficient (Wildman–Crippen LogP) is -10.4. The van der Waals surface area contributed by atoms with Gasteiger partial charge in [0.1, 0.15) is 90.0 Å². The second-order valence-corrected chi connectivity index (χ2v) is 26.4. The van der Waals surface area contributed by atoms with E-state index in [2.05, 4.69) is 42.5 Å². The topological polar surface area (TPSA) is 833 Å². The number of nitrogens with one attached hydrogen (secondary N) is 13. The number of aliphatic hydroxyl groups excluding tert-OH is 2. The van der Waals surface area contributed by atoms with Crippen molar-refractivity contribution in [3.05, 3.63) is 59.7 Å². The molecular weight excluding hydrogens is 1570 g/mol. The van der Waals surface area contributed by atoms with Crippen LogP contribution in [0.2, 0.25) is 0 Å². The van der Waals surface area contributed by atoms with E-state index in [0.29, 0.717) is 0 Å². The summed E-state index contributed by atoms with van der Waals surface area (Å²) in [4.78, 5) is 287. The normalized spacial score (nSPS) is 15.0. The fraction of sp³-hybridized carbons (Fsp3) is 0.500. The van der Waals surface area contributed by atoms with Gasteiger partial charge in [-0.05, 0) is 88.8 Å². The molecule has 117 heavy (non-hydrogen) atoms. The number of rotatable bonds is 53. The van der Waals surface area contributed by atoms with Crippen LogP contribution < -0.4 is 86.3 Å². The van der Waals surface area contributed by atoms with Crippen molar-refractivity contribution in [1.82, 2.24) is 69.1 Å². The molecule has 0 aromatic heterocycles. The van der Waals surface area contributed by atoms with Crippen molar-refractivity contribution in [2.24, 2.45) is 17.2 Å². The molecule has 30 N–H and O–H groups in total. The summed E-state index contributed by atoms with van der Waals surface area (Å²) in [6, 6.07) is -18.5. The lowest BCUT2D eigenvalue weighted by Gasteiger charge is -2.28. The number of carbonyl (C=O) groups excluding carboxylic acids is 15. The highest BCUT2D eigenvalue weighted by Gasteiger charge is 2.40. The summed E-state index contributed by atoms with van der Waals surface area (Å²) >= 11 is 0. The first-order chi connectivity index (χ1) is 54.5. The van der Waals surface area contributed by atoms with Crippen LogP contribution in [0.3, 0.4) is 0 Å². The molecule has 0 aliphatic carbocycles. The SMILES string of the molecule is C[C@H](NC(=O)[C@@H](NC(=O)[C@H](Cc1ccc(O)cc1)NC(=O)[C@H](CCC(=O)O)NC(=O)[C@H](CC(N)=O)NC(=O)[C@H](CC(=O)O)NC(=O)[C@H](CCC(=O)O)NC(=O)[C@H](C)NC(=O)[C@@H](NC(=O)[C@H](Cc1ccc(O)cc1)NC(=O)[C@H](CCC(=O)O)NC(=O)[C@H](CC(N)=O)NC(=O)[C@H](CC(=O)O)NC(=O)[C@@H](N)CCC(=O)O)[C@@H](C)O)[C@@H](C)O)C(=O)O. The minimum Gasteiger partial charge on any atom is -0.508 e. The van der Waals surface area contributed by atoms with E-state index in [0.717, 1.165) is 52.0 Å². The lowest BCUT2D eigenvalue weighted by Crippen LogP contribution is -2.62. The number of hydrogen-bond acceptors (Lipinski definition) is 27. The molecule has 49 nitrogen and oxygen atoms in total. The molecule has 2 rings (SSSR count). The predicted molar refractivity (Wildman–Crippen MR) is 389 cm³/mol. The third-order valence-electron chi connectivity index (χ3n) is 16.6. The summed E-state index contributed by atoms with van der Waals surface area (Å²) in [6.45, 7) is 3.93. The molecule has 16 atom stereocenters. The molecule has 0 spiro atoms. The Hall–Kier alpha value is -13.7. The fourth-order valence-electron chi connectivity index (χ4n) is 10.3. The Balaban J connectivity index is 2.54. The molecule has 644 valence electrons. The lowest BCUT2D eigenvalue weighted by molar-refractivity contribution is -0.142. The molecule has 15 amide bonds. The van der Waals surface area contributed by atoms with E-state index in [9.17, 15) is 157 Å². The van der Waals surface area contributed by atoms with Crippen LogP contribution in [0.4, 0.5) is 0 Å². The number of aliphatic hydroxyl groups is 2. The number of carbonyl (C=O) groups is 22. The molecule has 0 heterocycles. The maximum Gasteiger partial charge on any atom is 0.325 e. The Morgan fingerprint density at radius 1 is 0.291 bits per heavy atom. The highest BCUT2D eigenvalue weighted by molar-refractivity contribution is 6.02. The number of phenols is 2. The Kier molecular flexibility index (Phi) is 41.1. The smallest absolute Gasteiger partial charge is 0.325 e. The Morgan fingerprint density at radius 2 is 0.538 bits per heavy atom. The number of nitrogens with two attached hydrogens (primary N) is 3. The fourth-order valence-corrected chi connectivity index (χ4v) is 10.3. The van der Waals surface area contributed by atoms with Crippen molar-refractivity contribution in [1.29, 1.82) is 0 Å². The summed E-state index contributed by atoms with van der Waals surface area (Å²) in [5, 5.41) is 135. The van der Waals surface area contributed by atoms with Gasteiger partial charge in [0.05, 0.1) is 43.9 Å². The van der Waals surface area contributed by atoms with E-state index in [4.69, 9.17) is 22.3 Å². The van der Waals surface area contributed by atoms with Gasteiger partial charge in [0.15, 0.2) is 0 Å². The summed E-state index contributed by atoms with van der Waals surface area (Å²) in [7, 11) is 0. The number of primary amides is 2. The summed E-state index contributed by atoms with van der Waals surface area (Å²) in [5.41, 5.74) is 16.7. The number of carboxylic acids is 7. The molecule has 2 aromatic carbocycles. The second kappa shape index (κ2) is 48.4. The molecule has 0 bridgehead atoms. The quantitative estimate of drug-likeness (QED) is 0.0292. The van der Waals surface area contributed by atoms with Crippen LogP contribution in [0.5, 0.6) is 11.5 Å². The van der Waals surface area contributed by atoms with Gasteiger partial charge in [-0.15, -0.1) is 0 Å². The number of benzene rings is 2. The lowest BCUT2D eigenvalue weighted by atomic mass is 10.0. The number of amides is 15. The molecule has 2 aromatic rings. The van der Waals surface area contributed by atoms with Crippen molar-refractivity contribution >= 4 is 130 Å². The van der Waals surface area contributed by atoms with Crippen LogP contribution >= 0.6 is 0 Å². The van der Waals surface area contributed by atoms with Crippen molar-refractivity contribution in [2.75, 3.05) is 0 Å². The maximum absolute atomic E-state index is 14.4. The summed E-state index contributed by atoms with van der Waals surface area (Å²) in [6.07, 6.45) is -16.4. The van der Waals surface area contributed by atoms with Crippen LogP contribution in [0.1, 0.15) is 116 Å². The zero-order valence-electron chi connectivity index (χ0n) is 62.9. The second-order valence-electron chi connectivity index (χ2n) is 26.4. The van der Waals surface area contributed by atoms with Crippen LogP contribution in [0.25, 0.3) is 0 Å². The molecule has 0 aliphatic rings. The van der Waals surface area contributed by atoms with E-state index in [1.54, 1.807) is 0 Å². The van der Waals surface area contributed by atoms with E-state index >= 15 is 0 Å². The first kappa shape index (κ1) is 99.3. The van der Waals surface area contributed by atoms with Crippen molar-refractivity contribution in [3.8, 4) is 11.5 Å². The van der Waals surface area contributed by atoms with Gasteiger partial charge in [0.2, 0.25) is 88.6 Å². The van der Waals surface area contributed by atoms with Gasteiger partial charge in [-0.3, -0.25) is 105 Å². The van der Waals surface area contributed by atoms with Crippen LogP contribution in [0.15, 0.2) is 48.5 Å². The minimum atomic E-state index is -2.38. The maximum atomic E-state index is 14.4. The minimum absolute atomic E-state index is 0.115. The standard InChI is InChI=1S/C68H94N16O33/c1-27(72-66(114)53(29(3)85)83-64(112)39(21-31-5-9-33(87)10-6-31)78-58(106)37(15-19-49(95)96)75-60(108)41(23-45(70)89)80-62(110)43(25-51(99)100)77-56(104)35(69)13-17-47(91)92)55(103)74-36(14-18-48(93)94)57(105)82-44(26-52(101)102)63(111)81-42(24-46(71)90)61(109)76-38(16-20-50(97)98)59(107)79-40(22-32-7-11-34(88)12-8-32)65(113)84-54(30(4)86)67(115)73-28(2)68(116)117/h5-12,27-30,35-44,53-54,85-88H,13-26,69H2,1-4H3,(H2,70,89)(H2,71,90)(H,72,114)(H,73,115)(H,74,103)(H,75,108)(H,76,109)(H,77,104)(H,78,106)(H,79,107)(H,80,110)(H,81,111)(H,82,105)(H,83,112)(H,84,113)(H,91,92)(H,93,94)(H,95,96)(H,97,98)(H,99,100)(H,101,102)(H,116,117)/t27-,28-,29+,30+,35-,36-,37-,38-,39-,40-,41-,42-,43-,44-,53-,54-/m0/s1. The molecule has 0 saturated carbocycles. The van der Waals surface area contributed by atoms with Crippen LogP contribution in [-0.4, -0.2) is 283 Å². The first-order valence-electron chi connectivity index (χ1n) is 35.2. The zero-order chi connectivity index (χ0) is 89.0. The van der Waals surface area contributed by atoms with Gasteiger partial charge in [0, 0.05) is 38.5 Å². The van der Waals surface area contributed by atoms with Crippen LogP contribution in [0, 0.1) is 0 Å². The van der Waals surface area contributed by atoms with Gasteiger partial charge in [0.25, 0.3) is 0 Å². The monoisotopic (exact) mass is 1660 g/mol. The molecule has 0 radical (unpaired) electrons. The number of aromatic hydroxyl groups is 2. The Labute approximate surface area is 661 Å². The zero-order valence-corrected chi connectivity index (χ0v) is 62.9. The molecule has 0 fully saturated rings. The third-order valence-corrected chi connectivity index (χ3v) is 16.6. The third kappa shape index (κ3) is 37.2. The molecule has 0 unspecified atom stereocenters. The van der Waals surface area contributed by atoms with E-state index in [1.165, 1.54) is 24.3 Å². The number of phenolic OH excluding ortho intramolecular Hbond substituents is 2. The van der Waals surface area contributed by atoms with E-state index in [-0.39, 0.29) is 22.6 Å². The summed E-state index contributed by atoms with van der Waals surface area (Å²) < 4.78 is 0. The van der Waals surface area contributed by atoms with Gasteiger partial charge in [-0.2, -0.15) is 0 Å². The van der Waals surface area contributed by atoms with Crippen molar-refractivity contribution in [3.63, 3.8) is 0 Å². The number of carboxylic acid groups (broad SMARTS) is 7. The highest BCUT2D eigenvalue weighted by Crippen LogP contribution is 2.16. The largest absolute Gasteiger partial charge is 0.508 e. The van der Waals surface area contributed by atoms with Gasteiger partial charge in [-0.1, -0.05) is 24.3 Å². The van der Waals surface area contributed by atoms with E-state index in [1.807, 2.05) is 26.6 Å². The Bertz CT molecular complexity index is 3990. The summed E-state index contributed by atoms with van der Waals surface area (Å²) in [5.74, 6) is -33.1. The van der Waals surface area contributed by atoms with Gasteiger partial charge in [-0.25, -0.2) is 0 Å². The molecule has 0 saturated heterocycles. The van der Waals surface area contributed by atoms with Crippen molar-refractivity contribution < 1.29 is 162 Å². The van der Waals surface area contributed by atoms with Gasteiger partial charge >= 0.3 is 41.8 Å². The Morgan fingerprint density at radius 3 is 0.821 bits per heavy atom. The van der Waals surface area contributed by atoms with Crippen LogP contribution in [-0.2, 0) is 118 Å². The number of hydrogen-bond donors (Lipinski definition) is 27.